The first kappa shape index (κ1) is 14.8. The Kier molecular flexibility index (Phi) is 4.37. The normalized spacial score (nSPS) is 11.8. The highest BCUT2D eigenvalue weighted by Gasteiger charge is 2.25. The summed E-state index contributed by atoms with van der Waals surface area (Å²) in [6.45, 7) is 3.34. The number of carbonyl (C=O) groups is 2. The van der Waals surface area contributed by atoms with Crippen LogP contribution in [0.4, 0.5) is 0 Å². The van der Waals surface area contributed by atoms with E-state index in [2.05, 4.69) is 15.8 Å². The highest BCUT2D eigenvalue weighted by atomic mass is 16.5. The van der Waals surface area contributed by atoms with E-state index in [4.69, 9.17) is 4.52 Å². The minimum Gasteiger partial charge on any atom is -0.361 e. The van der Waals surface area contributed by atoms with Crippen molar-refractivity contribution in [3.63, 3.8) is 0 Å². The van der Waals surface area contributed by atoms with Crippen molar-refractivity contribution in [1.29, 1.82) is 0 Å². The van der Waals surface area contributed by atoms with Gasteiger partial charge >= 0.3 is 0 Å². The molecule has 2 N–H and O–H groups in total. The van der Waals surface area contributed by atoms with Crippen molar-refractivity contribution in [3.8, 4) is 0 Å². The van der Waals surface area contributed by atoms with Gasteiger partial charge in [0.1, 0.15) is 17.4 Å². The fraction of sp³-hybridized carbons (Fsp3) is 0.267. The van der Waals surface area contributed by atoms with Gasteiger partial charge in [-0.05, 0) is 19.4 Å². The summed E-state index contributed by atoms with van der Waals surface area (Å²) in [5.74, 6) is -0.251. The maximum Gasteiger partial charge on any atom is 0.257 e. The van der Waals surface area contributed by atoms with Gasteiger partial charge in [0.2, 0.25) is 5.91 Å². The van der Waals surface area contributed by atoms with Crippen LogP contribution in [0.5, 0.6) is 0 Å². The number of hydrogen-bond acceptors (Lipinski definition) is 4. The number of nitrogens with zero attached hydrogens (tertiary/aromatic N) is 1. The first-order chi connectivity index (χ1) is 10.0. The lowest BCUT2D eigenvalue weighted by atomic mass is 10.1. The fourth-order valence-electron chi connectivity index (χ4n) is 2.10. The van der Waals surface area contributed by atoms with E-state index in [-0.39, 0.29) is 11.8 Å². The van der Waals surface area contributed by atoms with Gasteiger partial charge in [0.25, 0.3) is 5.91 Å². The van der Waals surface area contributed by atoms with Gasteiger partial charge in [-0.2, -0.15) is 0 Å². The molecule has 1 atom stereocenters. The lowest BCUT2D eigenvalue weighted by molar-refractivity contribution is -0.122. The third-order valence-electron chi connectivity index (χ3n) is 3.18. The van der Waals surface area contributed by atoms with E-state index in [1.54, 1.807) is 26.0 Å². The lowest BCUT2D eigenvalue weighted by Gasteiger charge is -2.17. The summed E-state index contributed by atoms with van der Waals surface area (Å²) in [5.41, 5.74) is 1.56. The van der Waals surface area contributed by atoms with Crippen molar-refractivity contribution in [2.45, 2.75) is 19.9 Å². The van der Waals surface area contributed by atoms with E-state index < -0.39 is 6.04 Å². The van der Waals surface area contributed by atoms with Crippen LogP contribution in [-0.4, -0.2) is 24.0 Å². The molecule has 1 heterocycles. The molecule has 0 aliphatic carbocycles. The molecule has 110 valence electrons. The summed E-state index contributed by atoms with van der Waals surface area (Å²) in [6, 6.07) is 8.28. The van der Waals surface area contributed by atoms with Crippen LogP contribution in [0.25, 0.3) is 0 Å². The Morgan fingerprint density at radius 1 is 1.19 bits per heavy atom. The van der Waals surface area contributed by atoms with E-state index in [9.17, 15) is 9.59 Å². The van der Waals surface area contributed by atoms with Crippen molar-refractivity contribution in [1.82, 2.24) is 15.8 Å². The quantitative estimate of drug-likeness (QED) is 0.892. The van der Waals surface area contributed by atoms with Gasteiger partial charge in [-0.15, -0.1) is 0 Å². The molecule has 0 spiro atoms. The first-order valence-electron chi connectivity index (χ1n) is 6.55. The second-order valence-corrected chi connectivity index (χ2v) is 4.63. The molecule has 2 rings (SSSR count). The maximum absolute atomic E-state index is 12.4. The summed E-state index contributed by atoms with van der Waals surface area (Å²) in [4.78, 5) is 24.4. The van der Waals surface area contributed by atoms with Crippen LogP contribution in [-0.2, 0) is 4.79 Å². The van der Waals surface area contributed by atoms with Gasteiger partial charge in [-0.1, -0.05) is 35.5 Å². The van der Waals surface area contributed by atoms with E-state index in [0.717, 1.165) is 0 Å². The van der Waals surface area contributed by atoms with Gasteiger partial charge in [0.15, 0.2) is 0 Å². The third kappa shape index (κ3) is 3.10. The molecule has 1 aromatic heterocycles. The highest BCUT2D eigenvalue weighted by molar-refractivity contribution is 5.99. The predicted molar refractivity (Wildman–Crippen MR) is 76.7 cm³/mol. The van der Waals surface area contributed by atoms with Crippen molar-refractivity contribution < 1.29 is 14.1 Å². The molecule has 0 aliphatic heterocycles. The Morgan fingerprint density at radius 2 is 1.86 bits per heavy atom. The molecule has 0 bridgehead atoms. The molecule has 0 radical (unpaired) electrons. The van der Waals surface area contributed by atoms with Crippen LogP contribution >= 0.6 is 0 Å². The smallest absolute Gasteiger partial charge is 0.257 e. The largest absolute Gasteiger partial charge is 0.361 e. The van der Waals surface area contributed by atoms with E-state index in [1.807, 2.05) is 18.2 Å². The number of aromatic nitrogens is 1. The molecule has 6 nitrogen and oxygen atoms in total. The number of hydrogen-bond donors (Lipinski definition) is 2. The van der Waals surface area contributed by atoms with Crippen molar-refractivity contribution in [2.24, 2.45) is 0 Å². The molecule has 1 aromatic carbocycles. The molecule has 2 amide bonds. The number of nitrogens with one attached hydrogen (secondary N) is 2. The van der Waals surface area contributed by atoms with Gasteiger partial charge in [-0.25, -0.2) is 0 Å². The topological polar surface area (TPSA) is 84.2 Å². The summed E-state index contributed by atoms with van der Waals surface area (Å²) >= 11 is 0. The zero-order valence-corrected chi connectivity index (χ0v) is 12.1. The van der Waals surface area contributed by atoms with Gasteiger partial charge in [0.05, 0.1) is 5.69 Å². The van der Waals surface area contributed by atoms with E-state index in [0.29, 0.717) is 22.6 Å². The molecule has 0 aliphatic rings. The molecule has 0 saturated heterocycles. The van der Waals surface area contributed by atoms with E-state index >= 15 is 0 Å². The van der Waals surface area contributed by atoms with Crippen molar-refractivity contribution in [2.75, 3.05) is 7.05 Å². The number of aryl methyl sites for hydroxylation is 2. The molecule has 2 aromatic rings. The first-order valence-corrected chi connectivity index (χ1v) is 6.55. The number of benzene rings is 1. The van der Waals surface area contributed by atoms with Crippen molar-refractivity contribution >= 4 is 11.8 Å². The predicted octanol–water partition coefficient (Wildman–Crippen LogP) is 1.51. The summed E-state index contributed by atoms with van der Waals surface area (Å²) in [6.07, 6.45) is 0. The van der Waals surface area contributed by atoms with Crippen LogP contribution in [0.3, 0.4) is 0 Å². The van der Waals surface area contributed by atoms with Crippen LogP contribution in [0.2, 0.25) is 0 Å². The average molecular weight is 287 g/mol. The monoisotopic (exact) mass is 287 g/mol. The van der Waals surface area contributed by atoms with Crippen LogP contribution < -0.4 is 10.6 Å². The number of likely N-dealkylation sites (N-methyl/N-ethyl adjacent to an activating group) is 1. The van der Waals surface area contributed by atoms with Crippen LogP contribution in [0.15, 0.2) is 34.9 Å². The zero-order valence-electron chi connectivity index (χ0n) is 12.1. The van der Waals surface area contributed by atoms with Gasteiger partial charge in [-0.3, -0.25) is 9.59 Å². The maximum atomic E-state index is 12.4. The SMILES string of the molecule is CNC(=O)[C@@H](NC(=O)c1c(C)noc1C)c1ccccc1. The molecule has 0 fully saturated rings. The summed E-state index contributed by atoms with van der Waals surface area (Å²) in [5, 5.41) is 9.01. The Morgan fingerprint density at radius 3 is 2.38 bits per heavy atom. The van der Waals surface area contributed by atoms with Gasteiger partial charge < -0.3 is 15.2 Å². The standard InChI is InChI=1S/C15H17N3O3/c1-9-12(10(2)21-18-9)14(19)17-13(15(20)16-3)11-7-5-4-6-8-11/h4-8,13H,1-3H3,(H,16,20)(H,17,19)/t13-/m0/s1. The number of carbonyl (C=O) groups excluding carboxylic acids is 2. The summed E-state index contributed by atoms with van der Waals surface area (Å²) < 4.78 is 4.98. The van der Waals surface area contributed by atoms with Crippen LogP contribution in [0.1, 0.15) is 33.4 Å². The summed E-state index contributed by atoms with van der Waals surface area (Å²) in [7, 11) is 1.53. The molecule has 0 unspecified atom stereocenters. The average Bonchev–Trinajstić information content (AvgIpc) is 2.84. The van der Waals surface area contributed by atoms with Gasteiger partial charge in [0, 0.05) is 7.05 Å². The third-order valence-corrected chi connectivity index (χ3v) is 3.18. The molecule has 0 saturated carbocycles. The van der Waals surface area contributed by atoms with Crippen molar-refractivity contribution in [3.05, 3.63) is 52.9 Å². The minimum absolute atomic E-state index is 0.290. The lowest BCUT2D eigenvalue weighted by Crippen LogP contribution is -2.39. The van der Waals surface area contributed by atoms with E-state index in [1.165, 1.54) is 7.05 Å². The molecular formula is C15H17N3O3. The number of amides is 2. The molecular weight excluding hydrogens is 270 g/mol. The van der Waals surface area contributed by atoms with Crippen LogP contribution in [0, 0.1) is 13.8 Å². The molecule has 21 heavy (non-hydrogen) atoms. The fourth-order valence-corrected chi connectivity index (χ4v) is 2.10. The Hall–Kier alpha value is -2.63. The number of rotatable bonds is 4. The second-order valence-electron chi connectivity index (χ2n) is 4.63. The Balaban J connectivity index is 2.28. The Bertz CT molecular complexity index is 630. The Labute approximate surface area is 122 Å². The highest BCUT2D eigenvalue weighted by Crippen LogP contribution is 2.17. The second kappa shape index (κ2) is 6.21. The minimum atomic E-state index is -0.766. The molecule has 6 heteroatoms. The zero-order chi connectivity index (χ0) is 15.4.